The van der Waals surface area contributed by atoms with Crippen LogP contribution < -0.4 is 4.90 Å². The van der Waals surface area contributed by atoms with Crippen molar-refractivity contribution in [3.63, 3.8) is 0 Å². The molecule has 7 heteroatoms. The van der Waals surface area contributed by atoms with E-state index >= 15 is 0 Å². The van der Waals surface area contributed by atoms with Crippen LogP contribution in [-0.4, -0.2) is 69.8 Å². The van der Waals surface area contributed by atoms with Crippen LogP contribution in [0.5, 0.6) is 0 Å². The van der Waals surface area contributed by atoms with Gasteiger partial charge in [0.2, 0.25) is 10.0 Å². The maximum atomic E-state index is 12.7. The molecule has 24 heavy (non-hydrogen) atoms. The van der Waals surface area contributed by atoms with Gasteiger partial charge in [0.05, 0.1) is 38.1 Å². The number of likely N-dealkylation sites (tertiary alicyclic amines) is 1. The van der Waals surface area contributed by atoms with Gasteiger partial charge in [0.25, 0.3) is 5.91 Å². The van der Waals surface area contributed by atoms with Crippen molar-refractivity contribution < 1.29 is 18.1 Å². The van der Waals surface area contributed by atoms with Crippen molar-refractivity contribution in [1.82, 2.24) is 9.21 Å². The van der Waals surface area contributed by atoms with Gasteiger partial charge in [-0.1, -0.05) is 0 Å². The summed E-state index contributed by atoms with van der Waals surface area (Å²) in [6, 6.07) is 6.42. The zero-order valence-corrected chi connectivity index (χ0v) is 15.0. The monoisotopic (exact) mass is 352 g/mol. The molecule has 1 aromatic carbocycles. The number of sulfonamides is 1. The summed E-state index contributed by atoms with van der Waals surface area (Å²) in [6.45, 7) is 4.33. The van der Waals surface area contributed by atoms with E-state index in [1.54, 1.807) is 28.6 Å². The van der Waals surface area contributed by atoms with Gasteiger partial charge >= 0.3 is 0 Å². The molecule has 0 aliphatic carbocycles. The maximum absolute atomic E-state index is 12.7. The minimum Gasteiger partial charge on any atom is -0.339 e. The van der Waals surface area contributed by atoms with Crippen molar-refractivity contribution >= 4 is 15.9 Å². The maximum Gasteiger partial charge on any atom is 0.253 e. The second-order valence-corrected chi connectivity index (χ2v) is 8.68. The number of nitrogens with one attached hydrogen (secondary N) is 1. The van der Waals surface area contributed by atoms with Gasteiger partial charge in [-0.05, 0) is 43.5 Å². The Morgan fingerprint density at radius 2 is 1.54 bits per heavy atom. The average molecular weight is 352 g/mol. The average Bonchev–Trinajstić information content (AvgIpc) is 2.62. The topological polar surface area (TPSA) is 62.1 Å². The van der Waals surface area contributed by atoms with Crippen LogP contribution in [0, 0.1) is 0 Å². The van der Waals surface area contributed by atoms with Gasteiger partial charge in [-0.25, -0.2) is 8.42 Å². The molecule has 1 N–H and O–H groups in total. The summed E-state index contributed by atoms with van der Waals surface area (Å²) in [6.07, 6.45) is 3.26. The summed E-state index contributed by atoms with van der Waals surface area (Å²) in [5.41, 5.74) is 0.568. The Hall–Kier alpha value is -1.44. The summed E-state index contributed by atoms with van der Waals surface area (Å²) >= 11 is 0. The molecule has 0 atom stereocenters. The van der Waals surface area contributed by atoms with Crippen LogP contribution >= 0.6 is 0 Å². The third kappa shape index (κ3) is 3.63. The van der Waals surface area contributed by atoms with Gasteiger partial charge in [0.1, 0.15) is 0 Å². The van der Waals surface area contributed by atoms with E-state index in [-0.39, 0.29) is 10.8 Å². The van der Waals surface area contributed by atoms with E-state index in [0.29, 0.717) is 18.7 Å². The normalized spacial score (nSPS) is 21.0. The minimum atomic E-state index is -3.46. The highest BCUT2D eigenvalue weighted by Gasteiger charge is 2.29. The molecule has 1 amide bonds. The highest BCUT2D eigenvalue weighted by molar-refractivity contribution is 7.89. The lowest BCUT2D eigenvalue weighted by atomic mass is 10.1. The number of amides is 1. The lowest BCUT2D eigenvalue weighted by Crippen LogP contribution is -3.12. The van der Waals surface area contributed by atoms with Crippen molar-refractivity contribution in [2.45, 2.75) is 24.2 Å². The predicted octanol–water partition coefficient (Wildman–Crippen LogP) is -0.168. The van der Waals surface area contributed by atoms with Crippen molar-refractivity contribution in [3.8, 4) is 0 Å². The van der Waals surface area contributed by atoms with Crippen LogP contribution in [0.15, 0.2) is 29.2 Å². The first-order valence-corrected chi connectivity index (χ1v) is 10.1. The predicted molar refractivity (Wildman–Crippen MR) is 91.6 cm³/mol. The summed E-state index contributed by atoms with van der Waals surface area (Å²) in [4.78, 5) is 15.9. The number of likely N-dealkylation sites (N-methyl/N-ethyl adjacent to an activating group) is 1. The first kappa shape index (κ1) is 17.4. The number of rotatable bonds is 3. The Morgan fingerprint density at radius 3 is 2.12 bits per heavy atom. The SMILES string of the molecule is C[NH+]1CCN(S(=O)(=O)c2ccc(C(=O)N3CCCCC3)cc2)CC1. The van der Waals surface area contributed by atoms with Gasteiger partial charge in [-0.3, -0.25) is 4.79 Å². The van der Waals surface area contributed by atoms with E-state index in [1.165, 1.54) is 11.3 Å². The molecular weight excluding hydrogens is 326 g/mol. The Balaban J connectivity index is 1.72. The molecule has 0 spiro atoms. The Morgan fingerprint density at radius 1 is 0.958 bits per heavy atom. The quantitative estimate of drug-likeness (QED) is 0.822. The molecule has 132 valence electrons. The zero-order valence-electron chi connectivity index (χ0n) is 14.2. The number of hydrogen-bond donors (Lipinski definition) is 1. The summed E-state index contributed by atoms with van der Waals surface area (Å²) in [5.74, 6) is 0.00171. The third-order valence-corrected chi connectivity index (χ3v) is 6.87. The Labute approximate surface area is 144 Å². The number of carbonyl (C=O) groups is 1. The van der Waals surface area contributed by atoms with E-state index in [1.807, 2.05) is 4.90 Å². The van der Waals surface area contributed by atoms with E-state index in [2.05, 4.69) is 7.05 Å². The van der Waals surface area contributed by atoms with Gasteiger partial charge < -0.3 is 9.80 Å². The molecule has 3 rings (SSSR count). The van der Waals surface area contributed by atoms with Crippen molar-refractivity contribution in [3.05, 3.63) is 29.8 Å². The molecule has 2 saturated heterocycles. The standard InChI is InChI=1S/C17H25N3O3S/c1-18-11-13-20(14-12-18)24(22,23)16-7-5-15(6-8-16)17(21)19-9-3-2-4-10-19/h5-8H,2-4,9-14H2,1H3/p+1. The Kier molecular flexibility index (Phi) is 5.22. The highest BCUT2D eigenvalue weighted by atomic mass is 32.2. The fourth-order valence-corrected chi connectivity index (χ4v) is 4.75. The zero-order chi connectivity index (χ0) is 17.2. The van der Waals surface area contributed by atoms with Crippen LogP contribution in [0.4, 0.5) is 0 Å². The second kappa shape index (κ2) is 7.21. The first-order chi connectivity index (χ1) is 11.5. The number of quaternary nitrogens is 1. The fraction of sp³-hybridized carbons (Fsp3) is 0.588. The van der Waals surface area contributed by atoms with E-state index in [9.17, 15) is 13.2 Å². The van der Waals surface area contributed by atoms with Crippen molar-refractivity contribution in [1.29, 1.82) is 0 Å². The summed E-state index contributed by atoms with van der Waals surface area (Å²) < 4.78 is 26.9. The number of piperidine rings is 1. The number of hydrogen-bond acceptors (Lipinski definition) is 3. The molecule has 2 aliphatic heterocycles. The lowest BCUT2D eigenvalue weighted by molar-refractivity contribution is -0.883. The van der Waals surface area contributed by atoms with Crippen LogP contribution in [0.1, 0.15) is 29.6 Å². The van der Waals surface area contributed by atoms with Gasteiger partial charge in [-0.2, -0.15) is 4.31 Å². The molecule has 2 heterocycles. The van der Waals surface area contributed by atoms with Crippen LogP contribution in [0.25, 0.3) is 0 Å². The largest absolute Gasteiger partial charge is 0.339 e. The van der Waals surface area contributed by atoms with Gasteiger partial charge in [0.15, 0.2) is 0 Å². The summed E-state index contributed by atoms with van der Waals surface area (Å²) in [7, 11) is -1.38. The molecule has 2 fully saturated rings. The first-order valence-electron chi connectivity index (χ1n) is 8.69. The fourth-order valence-electron chi connectivity index (χ4n) is 3.31. The number of carbonyl (C=O) groups excluding carboxylic acids is 1. The molecule has 0 unspecified atom stereocenters. The van der Waals surface area contributed by atoms with Gasteiger partial charge in [0, 0.05) is 18.7 Å². The molecule has 6 nitrogen and oxygen atoms in total. The minimum absolute atomic E-state index is 0.00171. The van der Waals surface area contributed by atoms with Gasteiger partial charge in [-0.15, -0.1) is 0 Å². The van der Waals surface area contributed by atoms with Crippen LogP contribution in [0.3, 0.4) is 0 Å². The summed E-state index contributed by atoms with van der Waals surface area (Å²) in [5, 5.41) is 0. The molecule has 1 aromatic rings. The second-order valence-electron chi connectivity index (χ2n) is 6.74. The number of benzene rings is 1. The van der Waals surface area contributed by atoms with E-state index in [0.717, 1.165) is 39.0 Å². The highest BCUT2D eigenvalue weighted by Crippen LogP contribution is 2.18. The lowest BCUT2D eigenvalue weighted by Gasteiger charge is -2.29. The molecule has 2 aliphatic rings. The molecule has 0 aromatic heterocycles. The third-order valence-electron chi connectivity index (χ3n) is 4.96. The number of nitrogens with zero attached hydrogens (tertiary/aromatic N) is 2. The van der Waals surface area contributed by atoms with E-state index < -0.39 is 10.0 Å². The van der Waals surface area contributed by atoms with E-state index in [4.69, 9.17) is 0 Å². The molecular formula is C17H26N3O3S+. The van der Waals surface area contributed by atoms with Crippen molar-refractivity contribution in [2.75, 3.05) is 46.3 Å². The Bertz CT molecular complexity index is 674. The molecule has 0 bridgehead atoms. The van der Waals surface area contributed by atoms with Crippen LogP contribution in [0.2, 0.25) is 0 Å². The number of piperazine rings is 1. The van der Waals surface area contributed by atoms with Crippen LogP contribution in [-0.2, 0) is 10.0 Å². The van der Waals surface area contributed by atoms with Crippen molar-refractivity contribution in [2.24, 2.45) is 0 Å². The molecule has 0 radical (unpaired) electrons. The molecule has 0 saturated carbocycles. The smallest absolute Gasteiger partial charge is 0.253 e.